The lowest BCUT2D eigenvalue weighted by molar-refractivity contribution is 0.124. The van der Waals surface area contributed by atoms with Crippen LogP contribution in [0.2, 0.25) is 0 Å². The highest BCUT2D eigenvalue weighted by atomic mass is 16.3. The number of aromatic nitrogens is 3. The molecule has 3 rings (SSSR count). The number of likely N-dealkylation sites (tertiary alicyclic amines) is 1. The van der Waals surface area contributed by atoms with E-state index in [2.05, 4.69) is 22.0 Å². The van der Waals surface area contributed by atoms with Crippen LogP contribution in [0.15, 0.2) is 0 Å². The fourth-order valence-corrected chi connectivity index (χ4v) is 2.88. The first-order chi connectivity index (χ1) is 8.20. The Morgan fingerprint density at radius 3 is 3.00 bits per heavy atom. The highest BCUT2D eigenvalue weighted by Gasteiger charge is 2.24. The molecule has 1 saturated heterocycles. The lowest BCUT2D eigenvalue weighted by Crippen LogP contribution is -2.25. The van der Waals surface area contributed by atoms with Gasteiger partial charge in [0.25, 0.3) is 0 Å². The first kappa shape index (κ1) is 11.2. The molecule has 0 aromatic carbocycles. The van der Waals surface area contributed by atoms with Crippen molar-refractivity contribution in [3.05, 3.63) is 11.6 Å². The molecule has 2 unspecified atom stereocenters. The minimum absolute atomic E-state index is 0.241. The van der Waals surface area contributed by atoms with Crippen LogP contribution >= 0.6 is 0 Å². The smallest absolute Gasteiger partial charge is 0.151 e. The minimum Gasteiger partial charge on any atom is -0.391 e. The second-order valence-electron chi connectivity index (χ2n) is 5.44. The minimum atomic E-state index is -0.241. The topological polar surface area (TPSA) is 54.2 Å². The molecule has 2 aliphatic rings. The SMILES string of the molecule is CN1CCC(Cc2nc3n(n2)CC(O)CC3)C1. The fraction of sp³-hybridized carbons (Fsp3) is 0.833. The second kappa shape index (κ2) is 4.38. The van der Waals surface area contributed by atoms with E-state index in [1.165, 1.54) is 13.0 Å². The molecule has 1 aromatic heterocycles. The fourth-order valence-electron chi connectivity index (χ4n) is 2.88. The molecule has 1 aromatic rings. The molecule has 0 saturated carbocycles. The van der Waals surface area contributed by atoms with E-state index < -0.39 is 0 Å². The Morgan fingerprint density at radius 2 is 2.24 bits per heavy atom. The van der Waals surface area contributed by atoms with E-state index in [1.807, 2.05) is 4.68 Å². The molecule has 2 aliphatic heterocycles. The third-order valence-corrected chi connectivity index (χ3v) is 3.84. The summed E-state index contributed by atoms with van der Waals surface area (Å²) in [5.74, 6) is 2.72. The summed E-state index contributed by atoms with van der Waals surface area (Å²) in [6.07, 6.45) is 3.68. The predicted octanol–water partition coefficient (Wildman–Crippen LogP) is 0.0794. The van der Waals surface area contributed by atoms with Crippen LogP contribution in [0.4, 0.5) is 0 Å². The molecule has 17 heavy (non-hydrogen) atoms. The molecular formula is C12H20N4O. The number of hydrogen-bond donors (Lipinski definition) is 1. The van der Waals surface area contributed by atoms with E-state index in [1.54, 1.807) is 0 Å². The van der Waals surface area contributed by atoms with Gasteiger partial charge >= 0.3 is 0 Å². The third kappa shape index (κ3) is 2.35. The quantitative estimate of drug-likeness (QED) is 0.790. The summed E-state index contributed by atoms with van der Waals surface area (Å²) in [6, 6.07) is 0. The van der Waals surface area contributed by atoms with Gasteiger partial charge in [-0.15, -0.1) is 0 Å². The first-order valence-corrected chi connectivity index (χ1v) is 6.50. The molecule has 0 amide bonds. The Hall–Kier alpha value is -0.940. The number of nitrogens with zero attached hydrogens (tertiary/aromatic N) is 4. The van der Waals surface area contributed by atoms with E-state index in [-0.39, 0.29) is 6.10 Å². The normalized spacial score (nSPS) is 29.5. The molecule has 0 bridgehead atoms. The summed E-state index contributed by atoms with van der Waals surface area (Å²) in [7, 11) is 2.17. The molecule has 94 valence electrons. The van der Waals surface area contributed by atoms with Gasteiger partial charge in [0, 0.05) is 19.4 Å². The number of fused-ring (bicyclic) bond motifs is 1. The predicted molar refractivity (Wildman–Crippen MR) is 63.7 cm³/mol. The maximum Gasteiger partial charge on any atom is 0.151 e. The van der Waals surface area contributed by atoms with E-state index >= 15 is 0 Å². The van der Waals surface area contributed by atoms with Crippen molar-refractivity contribution < 1.29 is 5.11 Å². The second-order valence-corrected chi connectivity index (χ2v) is 5.44. The van der Waals surface area contributed by atoms with Crippen molar-refractivity contribution in [3.8, 4) is 0 Å². The van der Waals surface area contributed by atoms with Crippen molar-refractivity contribution >= 4 is 0 Å². The van der Waals surface area contributed by atoms with E-state index in [4.69, 9.17) is 0 Å². The average Bonchev–Trinajstić information content (AvgIpc) is 2.84. The number of aryl methyl sites for hydroxylation is 1. The van der Waals surface area contributed by atoms with Crippen LogP contribution in [0.25, 0.3) is 0 Å². The lowest BCUT2D eigenvalue weighted by Gasteiger charge is -2.16. The zero-order valence-corrected chi connectivity index (χ0v) is 10.3. The summed E-state index contributed by atoms with van der Waals surface area (Å²) in [5.41, 5.74) is 0. The largest absolute Gasteiger partial charge is 0.391 e. The number of aliphatic hydroxyl groups excluding tert-OH is 1. The van der Waals surface area contributed by atoms with Crippen molar-refractivity contribution in [2.75, 3.05) is 20.1 Å². The maximum atomic E-state index is 9.59. The Balaban J connectivity index is 1.68. The van der Waals surface area contributed by atoms with Crippen molar-refractivity contribution in [1.82, 2.24) is 19.7 Å². The van der Waals surface area contributed by atoms with Crippen molar-refractivity contribution in [1.29, 1.82) is 0 Å². The first-order valence-electron chi connectivity index (χ1n) is 6.50. The van der Waals surface area contributed by atoms with Gasteiger partial charge in [-0.1, -0.05) is 0 Å². The third-order valence-electron chi connectivity index (χ3n) is 3.84. The van der Waals surface area contributed by atoms with Gasteiger partial charge in [-0.3, -0.25) is 0 Å². The Bertz CT molecular complexity index is 403. The van der Waals surface area contributed by atoms with Crippen LogP contribution < -0.4 is 0 Å². The van der Waals surface area contributed by atoms with Crippen LogP contribution in [0.3, 0.4) is 0 Å². The van der Waals surface area contributed by atoms with Crippen molar-refractivity contribution in [2.45, 2.75) is 38.3 Å². The Morgan fingerprint density at radius 1 is 1.35 bits per heavy atom. The highest BCUT2D eigenvalue weighted by molar-refractivity contribution is 4.98. The number of rotatable bonds is 2. The van der Waals surface area contributed by atoms with Crippen LogP contribution in [-0.2, 0) is 19.4 Å². The monoisotopic (exact) mass is 236 g/mol. The molecule has 1 N–H and O–H groups in total. The van der Waals surface area contributed by atoms with Crippen LogP contribution in [-0.4, -0.2) is 51.0 Å². The maximum absolute atomic E-state index is 9.59. The summed E-state index contributed by atoms with van der Waals surface area (Å²) in [5, 5.41) is 14.1. The van der Waals surface area contributed by atoms with Gasteiger partial charge in [-0.05, 0) is 32.4 Å². The lowest BCUT2D eigenvalue weighted by atomic mass is 10.1. The Kier molecular flexibility index (Phi) is 2.88. The van der Waals surface area contributed by atoms with Gasteiger partial charge in [0.1, 0.15) is 5.82 Å². The number of hydrogen-bond acceptors (Lipinski definition) is 4. The summed E-state index contributed by atoms with van der Waals surface area (Å²) < 4.78 is 1.89. The number of aliphatic hydroxyl groups is 1. The molecule has 0 radical (unpaired) electrons. The summed E-state index contributed by atoms with van der Waals surface area (Å²) >= 11 is 0. The van der Waals surface area contributed by atoms with Gasteiger partial charge in [0.05, 0.1) is 12.6 Å². The van der Waals surface area contributed by atoms with Gasteiger partial charge in [-0.25, -0.2) is 9.67 Å². The molecule has 2 atom stereocenters. The van der Waals surface area contributed by atoms with Gasteiger partial charge in [0.2, 0.25) is 0 Å². The van der Waals surface area contributed by atoms with E-state index in [0.29, 0.717) is 12.5 Å². The molecule has 3 heterocycles. The summed E-state index contributed by atoms with van der Waals surface area (Å²) in [4.78, 5) is 6.96. The Labute approximate surface area is 101 Å². The zero-order valence-electron chi connectivity index (χ0n) is 10.3. The van der Waals surface area contributed by atoms with E-state index in [9.17, 15) is 5.11 Å². The van der Waals surface area contributed by atoms with E-state index in [0.717, 1.165) is 37.5 Å². The summed E-state index contributed by atoms with van der Waals surface area (Å²) in [6.45, 7) is 2.97. The molecule has 5 heteroatoms. The molecular weight excluding hydrogens is 216 g/mol. The molecule has 5 nitrogen and oxygen atoms in total. The standard InChI is InChI=1S/C12H20N4O/c1-15-5-4-9(7-15)6-11-13-12-3-2-10(17)8-16(12)14-11/h9-10,17H,2-8H2,1H3. The molecule has 0 aliphatic carbocycles. The van der Waals surface area contributed by atoms with Crippen molar-refractivity contribution in [2.24, 2.45) is 5.92 Å². The average molecular weight is 236 g/mol. The van der Waals surface area contributed by atoms with Gasteiger partial charge in [0.15, 0.2) is 5.82 Å². The molecule has 1 fully saturated rings. The van der Waals surface area contributed by atoms with Crippen molar-refractivity contribution in [3.63, 3.8) is 0 Å². The van der Waals surface area contributed by atoms with Gasteiger partial charge < -0.3 is 10.0 Å². The highest BCUT2D eigenvalue weighted by Crippen LogP contribution is 2.19. The zero-order chi connectivity index (χ0) is 11.8. The van der Waals surface area contributed by atoms with Crippen LogP contribution in [0.5, 0.6) is 0 Å². The molecule has 0 spiro atoms. The van der Waals surface area contributed by atoms with Gasteiger partial charge in [-0.2, -0.15) is 5.10 Å². The van der Waals surface area contributed by atoms with Crippen LogP contribution in [0, 0.1) is 5.92 Å². The van der Waals surface area contributed by atoms with Crippen LogP contribution in [0.1, 0.15) is 24.5 Å².